The average Bonchev–Trinajstić information content (AvgIpc) is 2.14. The molecule has 1 rings (SSSR count). The Kier molecular flexibility index (Phi) is 3.47. The minimum Gasteiger partial charge on any atom is -0.314 e. The second-order valence-corrected chi connectivity index (χ2v) is 3.34. The first-order valence-corrected chi connectivity index (χ1v) is 4.67. The molecule has 1 aromatic carbocycles. The molecule has 76 valence electrons. The number of carbonyl (C=O) groups excluding carboxylic acids is 1. The molecule has 0 aliphatic heterocycles. The molecule has 0 bridgehead atoms. The third kappa shape index (κ3) is 2.45. The van der Waals surface area contributed by atoms with Gasteiger partial charge in [-0.25, -0.2) is 4.39 Å². The maximum Gasteiger partial charge on any atom is 0.241 e. The smallest absolute Gasteiger partial charge is 0.241 e. The van der Waals surface area contributed by atoms with E-state index < -0.39 is 0 Å². The lowest BCUT2D eigenvalue weighted by Gasteiger charge is -2.16. The van der Waals surface area contributed by atoms with Gasteiger partial charge in [-0.3, -0.25) is 4.79 Å². The van der Waals surface area contributed by atoms with Gasteiger partial charge in [0.15, 0.2) is 0 Å². The van der Waals surface area contributed by atoms with Crippen molar-refractivity contribution in [3.05, 3.63) is 29.6 Å². The molecule has 0 aromatic heterocycles. The fourth-order valence-corrected chi connectivity index (χ4v) is 1.32. The highest BCUT2D eigenvalue weighted by molar-refractivity contribution is 6.29. The summed E-state index contributed by atoms with van der Waals surface area (Å²) in [5.41, 5.74) is 1.29. The number of nitrogens with zero attached hydrogens (tertiary/aromatic N) is 1. The van der Waals surface area contributed by atoms with E-state index in [-0.39, 0.29) is 17.6 Å². The predicted molar refractivity (Wildman–Crippen MR) is 55.3 cm³/mol. The summed E-state index contributed by atoms with van der Waals surface area (Å²) in [4.78, 5) is 12.5. The minimum absolute atomic E-state index is 0.105. The van der Waals surface area contributed by atoms with Crippen LogP contribution in [0.4, 0.5) is 10.1 Å². The molecule has 0 atom stereocenters. The van der Waals surface area contributed by atoms with E-state index in [1.807, 2.05) is 0 Å². The molecule has 1 amide bonds. The topological polar surface area (TPSA) is 20.3 Å². The van der Waals surface area contributed by atoms with Crippen molar-refractivity contribution < 1.29 is 9.18 Å². The summed E-state index contributed by atoms with van der Waals surface area (Å²) < 4.78 is 13.0. The average molecular weight is 216 g/mol. The van der Waals surface area contributed by atoms with E-state index >= 15 is 0 Å². The first-order chi connectivity index (χ1) is 6.54. The lowest BCUT2D eigenvalue weighted by Crippen LogP contribution is -2.27. The van der Waals surface area contributed by atoms with Crippen LogP contribution in [0.3, 0.4) is 0 Å². The summed E-state index contributed by atoms with van der Waals surface area (Å²) in [5.74, 6) is -0.711. The van der Waals surface area contributed by atoms with Crippen LogP contribution in [0, 0.1) is 12.7 Å². The van der Waals surface area contributed by atoms with E-state index in [9.17, 15) is 9.18 Å². The van der Waals surface area contributed by atoms with Crippen LogP contribution in [0.1, 0.15) is 5.56 Å². The molecule has 0 heterocycles. The Hall–Kier alpha value is -1.09. The number of anilines is 1. The molecule has 0 aliphatic carbocycles. The Balaban J connectivity index is 3.00. The molecule has 0 N–H and O–H groups in total. The number of hydrogen-bond donors (Lipinski definition) is 0. The van der Waals surface area contributed by atoms with Crippen molar-refractivity contribution in [1.82, 2.24) is 0 Å². The van der Waals surface area contributed by atoms with Crippen molar-refractivity contribution in [2.24, 2.45) is 0 Å². The lowest BCUT2D eigenvalue weighted by molar-refractivity contribution is -0.116. The van der Waals surface area contributed by atoms with E-state index in [1.54, 1.807) is 20.0 Å². The van der Waals surface area contributed by atoms with Gasteiger partial charge < -0.3 is 4.90 Å². The number of benzene rings is 1. The molecule has 14 heavy (non-hydrogen) atoms. The van der Waals surface area contributed by atoms with E-state index in [4.69, 9.17) is 11.6 Å². The standard InChI is InChI=1S/C10H11ClFNO/c1-7-3-8(12)5-9(4-7)13(2)10(14)6-11/h3-5H,6H2,1-2H3. The molecule has 0 radical (unpaired) electrons. The van der Waals surface area contributed by atoms with Crippen LogP contribution in [0.15, 0.2) is 18.2 Å². The number of aryl methyl sites for hydroxylation is 1. The zero-order chi connectivity index (χ0) is 10.7. The van der Waals surface area contributed by atoms with Crippen molar-refractivity contribution >= 4 is 23.2 Å². The van der Waals surface area contributed by atoms with Gasteiger partial charge in [0.1, 0.15) is 11.7 Å². The molecule has 0 unspecified atom stereocenters. The van der Waals surface area contributed by atoms with Gasteiger partial charge in [0.25, 0.3) is 0 Å². The van der Waals surface area contributed by atoms with Crippen molar-refractivity contribution in [2.75, 3.05) is 17.8 Å². The zero-order valence-corrected chi connectivity index (χ0v) is 8.81. The van der Waals surface area contributed by atoms with Gasteiger partial charge in [-0.2, -0.15) is 0 Å². The molecule has 4 heteroatoms. The van der Waals surface area contributed by atoms with Gasteiger partial charge in [-0.05, 0) is 30.7 Å². The summed E-state index contributed by atoms with van der Waals surface area (Å²) in [7, 11) is 1.57. The zero-order valence-electron chi connectivity index (χ0n) is 8.05. The molecule has 1 aromatic rings. The SMILES string of the molecule is Cc1cc(F)cc(N(C)C(=O)CCl)c1. The summed E-state index contributed by atoms with van der Waals surface area (Å²) in [5, 5.41) is 0. The van der Waals surface area contributed by atoms with E-state index in [1.165, 1.54) is 17.0 Å². The Labute approximate surface area is 87.3 Å². The van der Waals surface area contributed by atoms with Gasteiger partial charge in [-0.1, -0.05) is 0 Å². The monoisotopic (exact) mass is 215 g/mol. The Bertz CT molecular complexity index is 334. The third-order valence-corrected chi connectivity index (χ3v) is 2.13. The van der Waals surface area contributed by atoms with E-state index in [0.29, 0.717) is 5.69 Å². The molecular weight excluding hydrogens is 205 g/mol. The van der Waals surface area contributed by atoms with Gasteiger partial charge in [0, 0.05) is 12.7 Å². The summed E-state index contributed by atoms with van der Waals surface area (Å²) >= 11 is 5.39. The van der Waals surface area contributed by atoms with Gasteiger partial charge in [0.05, 0.1) is 0 Å². The lowest BCUT2D eigenvalue weighted by atomic mass is 10.2. The highest BCUT2D eigenvalue weighted by Crippen LogP contribution is 2.17. The first kappa shape index (κ1) is 11.0. The second-order valence-electron chi connectivity index (χ2n) is 3.07. The maximum absolute atomic E-state index is 13.0. The van der Waals surface area contributed by atoms with Gasteiger partial charge in [0.2, 0.25) is 5.91 Å². The Morgan fingerprint density at radius 2 is 2.14 bits per heavy atom. The van der Waals surface area contributed by atoms with Crippen LogP contribution < -0.4 is 4.90 Å². The third-order valence-electron chi connectivity index (χ3n) is 1.90. The maximum atomic E-state index is 13.0. The quantitative estimate of drug-likeness (QED) is 0.694. The van der Waals surface area contributed by atoms with Gasteiger partial charge >= 0.3 is 0 Å². The Morgan fingerprint density at radius 1 is 1.50 bits per heavy atom. The first-order valence-electron chi connectivity index (χ1n) is 4.14. The van der Waals surface area contributed by atoms with Crippen LogP contribution in [0.2, 0.25) is 0 Å². The number of alkyl halides is 1. The van der Waals surface area contributed by atoms with Gasteiger partial charge in [-0.15, -0.1) is 11.6 Å². The van der Waals surface area contributed by atoms with E-state index in [0.717, 1.165) is 5.56 Å². The number of halogens is 2. The largest absolute Gasteiger partial charge is 0.314 e. The number of amides is 1. The predicted octanol–water partition coefficient (Wildman–Crippen LogP) is 2.34. The van der Waals surface area contributed by atoms with Crippen LogP contribution in [0.25, 0.3) is 0 Å². The van der Waals surface area contributed by atoms with Crippen LogP contribution in [0.5, 0.6) is 0 Å². The summed E-state index contributed by atoms with van der Waals surface area (Å²) in [6.07, 6.45) is 0. The molecule has 0 spiro atoms. The molecule has 0 saturated carbocycles. The number of rotatable bonds is 2. The molecule has 2 nitrogen and oxygen atoms in total. The highest BCUT2D eigenvalue weighted by atomic mass is 35.5. The van der Waals surface area contributed by atoms with Crippen LogP contribution in [-0.2, 0) is 4.79 Å². The molecule has 0 fully saturated rings. The number of carbonyl (C=O) groups is 1. The fraction of sp³-hybridized carbons (Fsp3) is 0.300. The summed E-state index contributed by atoms with van der Waals surface area (Å²) in [6, 6.07) is 4.44. The fourth-order valence-electron chi connectivity index (χ4n) is 1.14. The summed E-state index contributed by atoms with van der Waals surface area (Å²) in [6.45, 7) is 1.77. The Morgan fingerprint density at radius 3 is 2.64 bits per heavy atom. The molecule has 0 aliphatic rings. The van der Waals surface area contributed by atoms with Crippen molar-refractivity contribution in [2.45, 2.75) is 6.92 Å². The second kappa shape index (κ2) is 4.42. The van der Waals surface area contributed by atoms with Crippen molar-refractivity contribution in [1.29, 1.82) is 0 Å². The molecule has 0 saturated heterocycles. The van der Waals surface area contributed by atoms with E-state index in [2.05, 4.69) is 0 Å². The van der Waals surface area contributed by atoms with Crippen molar-refractivity contribution in [3.63, 3.8) is 0 Å². The van der Waals surface area contributed by atoms with Crippen LogP contribution >= 0.6 is 11.6 Å². The highest BCUT2D eigenvalue weighted by Gasteiger charge is 2.10. The minimum atomic E-state index is -0.353. The van der Waals surface area contributed by atoms with Crippen molar-refractivity contribution in [3.8, 4) is 0 Å². The van der Waals surface area contributed by atoms with Crippen LogP contribution in [-0.4, -0.2) is 18.8 Å². The normalized spacial score (nSPS) is 10.0. The molecular formula is C10H11ClFNO. The number of hydrogen-bond acceptors (Lipinski definition) is 1.